The highest BCUT2D eigenvalue weighted by Gasteiger charge is 1.99. The first-order valence-corrected chi connectivity index (χ1v) is 4.56. The average molecular weight is 263 g/mol. The highest BCUT2D eigenvalue weighted by atomic mass is 79.9. The van der Waals surface area contributed by atoms with E-state index in [0.717, 1.165) is 15.4 Å². The second kappa shape index (κ2) is 3.54. The Bertz CT molecular complexity index is 210. The molecule has 1 aromatic carbocycles. The molecule has 0 nitrogen and oxygen atoms in total. The monoisotopic (exact) mass is 261 g/mol. The van der Waals surface area contributed by atoms with Crippen LogP contribution in [0.25, 0.3) is 0 Å². The van der Waals surface area contributed by atoms with Crippen molar-refractivity contribution in [1.29, 1.82) is 0 Å². The molecule has 0 fully saturated rings. The molecular formula is C8H7Br2. The van der Waals surface area contributed by atoms with Gasteiger partial charge in [-0.1, -0.05) is 37.9 Å². The van der Waals surface area contributed by atoms with Crippen molar-refractivity contribution in [3.8, 4) is 0 Å². The lowest BCUT2D eigenvalue weighted by Crippen LogP contribution is -1.83. The van der Waals surface area contributed by atoms with E-state index in [9.17, 15) is 0 Å². The second-order valence-electron chi connectivity index (χ2n) is 1.95. The molecule has 1 radical (unpaired) electrons. The second-order valence-corrected chi connectivity index (χ2v) is 3.66. The standard InChI is InChI=1S/C8H7Br2/c1-2-6-7(9)4-3-5-8(6)10/h3-5H,1-2H2. The molecule has 0 N–H and O–H groups in total. The summed E-state index contributed by atoms with van der Waals surface area (Å²) in [5.41, 5.74) is 1.22. The average Bonchev–Trinajstić information content (AvgIpc) is 1.88. The predicted octanol–water partition coefficient (Wildman–Crippen LogP) is 3.59. The van der Waals surface area contributed by atoms with Crippen molar-refractivity contribution in [2.45, 2.75) is 6.42 Å². The smallest absolute Gasteiger partial charge is 0.0218 e. The number of rotatable bonds is 1. The Morgan fingerprint density at radius 1 is 1.20 bits per heavy atom. The van der Waals surface area contributed by atoms with Crippen LogP contribution in [0.1, 0.15) is 5.56 Å². The molecule has 0 aliphatic heterocycles. The Morgan fingerprint density at radius 2 is 1.70 bits per heavy atom. The summed E-state index contributed by atoms with van der Waals surface area (Å²) in [5.74, 6) is 0. The van der Waals surface area contributed by atoms with Crippen molar-refractivity contribution in [2.75, 3.05) is 0 Å². The molecule has 0 aliphatic carbocycles. The fourth-order valence-electron chi connectivity index (χ4n) is 0.771. The maximum atomic E-state index is 3.82. The van der Waals surface area contributed by atoms with E-state index >= 15 is 0 Å². The first kappa shape index (κ1) is 8.28. The molecule has 0 amide bonds. The largest absolute Gasteiger partial charge is 0.0600 e. The van der Waals surface area contributed by atoms with Gasteiger partial charge in [-0.3, -0.25) is 0 Å². The minimum atomic E-state index is 0.808. The topological polar surface area (TPSA) is 0 Å². The Labute approximate surface area is 77.9 Å². The number of benzene rings is 1. The molecule has 0 bridgehead atoms. The first-order valence-electron chi connectivity index (χ1n) is 2.98. The van der Waals surface area contributed by atoms with Crippen molar-refractivity contribution >= 4 is 31.9 Å². The van der Waals surface area contributed by atoms with E-state index in [2.05, 4.69) is 38.8 Å². The van der Waals surface area contributed by atoms with Crippen LogP contribution in [0.2, 0.25) is 0 Å². The predicted molar refractivity (Wildman–Crippen MR) is 50.9 cm³/mol. The van der Waals surface area contributed by atoms with Gasteiger partial charge in [0, 0.05) is 8.95 Å². The molecule has 0 saturated heterocycles. The SMILES string of the molecule is [CH2]Cc1c(Br)cccc1Br. The zero-order valence-electron chi connectivity index (χ0n) is 5.40. The van der Waals surface area contributed by atoms with Gasteiger partial charge in [0.25, 0.3) is 0 Å². The summed E-state index contributed by atoms with van der Waals surface area (Å²) >= 11 is 6.87. The van der Waals surface area contributed by atoms with Gasteiger partial charge >= 0.3 is 0 Å². The van der Waals surface area contributed by atoms with E-state index in [-0.39, 0.29) is 0 Å². The van der Waals surface area contributed by atoms with E-state index in [1.54, 1.807) is 0 Å². The van der Waals surface area contributed by atoms with E-state index < -0.39 is 0 Å². The summed E-state index contributed by atoms with van der Waals surface area (Å²) in [7, 11) is 0. The van der Waals surface area contributed by atoms with Crippen molar-refractivity contribution in [3.05, 3.63) is 39.6 Å². The summed E-state index contributed by atoms with van der Waals surface area (Å²) in [5, 5.41) is 0. The molecule has 0 aromatic heterocycles. The van der Waals surface area contributed by atoms with Crippen LogP contribution in [-0.4, -0.2) is 0 Å². The fraction of sp³-hybridized carbons (Fsp3) is 0.125. The first-order chi connectivity index (χ1) is 4.75. The maximum absolute atomic E-state index is 3.82. The molecule has 1 aromatic rings. The molecule has 1 rings (SSSR count). The van der Waals surface area contributed by atoms with Gasteiger partial charge in [-0.05, 0) is 31.0 Å². The van der Waals surface area contributed by atoms with Gasteiger partial charge in [-0.25, -0.2) is 0 Å². The van der Waals surface area contributed by atoms with Crippen LogP contribution < -0.4 is 0 Å². The third-order valence-electron chi connectivity index (χ3n) is 1.31. The van der Waals surface area contributed by atoms with Gasteiger partial charge in [0.15, 0.2) is 0 Å². The molecule has 0 aliphatic rings. The number of hydrogen-bond acceptors (Lipinski definition) is 0. The lowest BCUT2D eigenvalue weighted by Gasteiger charge is -2.01. The molecule has 0 unspecified atom stereocenters. The van der Waals surface area contributed by atoms with Crippen LogP contribution in [0.15, 0.2) is 27.1 Å². The molecule has 10 heavy (non-hydrogen) atoms. The summed E-state index contributed by atoms with van der Waals surface area (Å²) in [6.07, 6.45) is 0.808. The van der Waals surface area contributed by atoms with Crippen LogP contribution in [0, 0.1) is 6.92 Å². The molecule has 2 heteroatoms. The van der Waals surface area contributed by atoms with Crippen LogP contribution >= 0.6 is 31.9 Å². The summed E-state index contributed by atoms with van der Waals surface area (Å²) < 4.78 is 2.24. The van der Waals surface area contributed by atoms with Gasteiger partial charge in [0.05, 0.1) is 0 Å². The highest BCUT2D eigenvalue weighted by Crippen LogP contribution is 2.24. The van der Waals surface area contributed by atoms with E-state index in [1.165, 1.54) is 5.56 Å². The number of halogens is 2. The molecule has 0 atom stereocenters. The highest BCUT2D eigenvalue weighted by molar-refractivity contribution is 9.11. The molecular weight excluding hydrogens is 256 g/mol. The van der Waals surface area contributed by atoms with E-state index in [4.69, 9.17) is 0 Å². The quantitative estimate of drug-likeness (QED) is 0.726. The van der Waals surface area contributed by atoms with Crippen LogP contribution in [0.5, 0.6) is 0 Å². The Hall–Kier alpha value is 0.180. The minimum absolute atomic E-state index is 0.808. The lowest BCUT2D eigenvalue weighted by molar-refractivity contribution is 1.23. The number of hydrogen-bond donors (Lipinski definition) is 0. The maximum Gasteiger partial charge on any atom is 0.0218 e. The van der Waals surface area contributed by atoms with Crippen molar-refractivity contribution in [3.63, 3.8) is 0 Å². The minimum Gasteiger partial charge on any atom is -0.0600 e. The third kappa shape index (κ3) is 1.61. The van der Waals surface area contributed by atoms with Crippen LogP contribution in [0.4, 0.5) is 0 Å². The van der Waals surface area contributed by atoms with Crippen molar-refractivity contribution < 1.29 is 0 Å². The molecule has 53 valence electrons. The Balaban J connectivity index is 3.17. The molecule has 0 spiro atoms. The fourth-order valence-corrected chi connectivity index (χ4v) is 2.17. The van der Waals surface area contributed by atoms with Gasteiger partial charge in [-0.2, -0.15) is 0 Å². The Morgan fingerprint density at radius 3 is 2.00 bits per heavy atom. The van der Waals surface area contributed by atoms with Gasteiger partial charge in [0.1, 0.15) is 0 Å². The van der Waals surface area contributed by atoms with E-state index in [1.807, 2.05) is 18.2 Å². The van der Waals surface area contributed by atoms with Gasteiger partial charge in [0.2, 0.25) is 0 Å². The van der Waals surface area contributed by atoms with Crippen LogP contribution in [0.3, 0.4) is 0 Å². The zero-order valence-corrected chi connectivity index (χ0v) is 8.57. The van der Waals surface area contributed by atoms with Crippen molar-refractivity contribution in [1.82, 2.24) is 0 Å². The summed E-state index contributed by atoms with van der Waals surface area (Å²) in [6.45, 7) is 3.82. The normalized spacial score (nSPS) is 9.90. The molecule has 0 saturated carbocycles. The Kier molecular flexibility index (Phi) is 2.93. The van der Waals surface area contributed by atoms with Gasteiger partial charge in [-0.15, -0.1) is 0 Å². The van der Waals surface area contributed by atoms with E-state index in [0.29, 0.717) is 0 Å². The summed E-state index contributed by atoms with van der Waals surface area (Å²) in [6, 6.07) is 6.03. The molecule has 0 heterocycles. The van der Waals surface area contributed by atoms with Crippen molar-refractivity contribution in [2.24, 2.45) is 0 Å². The third-order valence-corrected chi connectivity index (χ3v) is 2.80. The van der Waals surface area contributed by atoms with Crippen LogP contribution in [-0.2, 0) is 6.42 Å². The lowest BCUT2D eigenvalue weighted by atomic mass is 10.2. The zero-order chi connectivity index (χ0) is 7.56. The van der Waals surface area contributed by atoms with Gasteiger partial charge < -0.3 is 0 Å². The summed E-state index contributed by atoms with van der Waals surface area (Å²) in [4.78, 5) is 0.